The topological polar surface area (TPSA) is 38.6 Å². The Kier molecular flexibility index (Phi) is 6.43. The van der Waals surface area contributed by atoms with Gasteiger partial charge in [0.2, 0.25) is 5.78 Å². The van der Waals surface area contributed by atoms with Gasteiger partial charge >= 0.3 is 0 Å². The lowest BCUT2D eigenvalue weighted by Crippen LogP contribution is -2.28. The van der Waals surface area contributed by atoms with E-state index in [4.69, 9.17) is 9.40 Å². The second-order valence-corrected chi connectivity index (χ2v) is 16.3. The molecular formula is C56H34N4O. The third kappa shape index (κ3) is 4.21. The smallest absolute Gasteiger partial charge is 0.220 e. The summed E-state index contributed by atoms with van der Waals surface area (Å²) in [5.74, 6) is 0.879. The normalized spacial score (nSPS) is 13.4. The summed E-state index contributed by atoms with van der Waals surface area (Å²) in [5.41, 5.74) is 19.9. The number of benzene rings is 9. The highest BCUT2D eigenvalue weighted by Crippen LogP contribution is 2.65. The maximum atomic E-state index is 6.62. The zero-order valence-corrected chi connectivity index (χ0v) is 32.8. The molecule has 5 nitrogen and oxygen atoms in total. The average Bonchev–Trinajstić information content (AvgIpc) is 4.11. The summed E-state index contributed by atoms with van der Waals surface area (Å²) in [6, 6.07) is 74.9. The van der Waals surface area contributed by atoms with E-state index >= 15 is 0 Å². The maximum Gasteiger partial charge on any atom is 0.220 e. The molecule has 0 N–H and O–H groups in total. The van der Waals surface area contributed by atoms with Gasteiger partial charge in [-0.05, 0) is 106 Å². The van der Waals surface area contributed by atoms with Gasteiger partial charge in [-0.25, -0.2) is 4.98 Å². The molecule has 284 valence electrons. The summed E-state index contributed by atoms with van der Waals surface area (Å²) >= 11 is 0. The predicted octanol–water partition coefficient (Wildman–Crippen LogP) is 14.1. The van der Waals surface area contributed by atoms with E-state index in [-0.39, 0.29) is 0 Å². The molecule has 12 aromatic rings. The first-order valence-corrected chi connectivity index (χ1v) is 20.9. The summed E-state index contributed by atoms with van der Waals surface area (Å²) in [6.07, 6.45) is 0. The van der Waals surface area contributed by atoms with Crippen LogP contribution in [0.25, 0.3) is 77.7 Å². The third-order valence-electron chi connectivity index (χ3n) is 13.3. The van der Waals surface area contributed by atoms with Crippen molar-refractivity contribution in [3.05, 3.63) is 229 Å². The van der Waals surface area contributed by atoms with Gasteiger partial charge in [0.15, 0.2) is 0 Å². The molecule has 2 aliphatic rings. The van der Waals surface area contributed by atoms with Gasteiger partial charge in [0.25, 0.3) is 0 Å². The number of para-hydroxylation sites is 4. The van der Waals surface area contributed by atoms with Gasteiger partial charge in [-0.15, -0.1) is 0 Å². The minimum atomic E-state index is -0.550. The monoisotopic (exact) mass is 778 g/mol. The lowest BCUT2D eigenvalue weighted by Gasteiger charge is -2.35. The molecule has 0 amide bonds. The van der Waals surface area contributed by atoms with E-state index in [1.165, 1.54) is 44.5 Å². The van der Waals surface area contributed by atoms with E-state index in [1.54, 1.807) is 0 Å². The Morgan fingerprint density at radius 2 is 1.05 bits per heavy atom. The Hall–Kier alpha value is -8.15. The van der Waals surface area contributed by atoms with Gasteiger partial charge in [0, 0.05) is 39.5 Å². The Morgan fingerprint density at radius 3 is 1.84 bits per heavy atom. The lowest BCUT2D eigenvalue weighted by atomic mass is 9.70. The number of imidazole rings is 2. The van der Waals surface area contributed by atoms with Crippen LogP contribution in [-0.2, 0) is 5.41 Å². The van der Waals surface area contributed by atoms with Crippen LogP contribution in [0.2, 0.25) is 0 Å². The van der Waals surface area contributed by atoms with Crippen molar-refractivity contribution in [1.82, 2.24) is 14.0 Å². The zero-order valence-electron chi connectivity index (χ0n) is 32.8. The molecule has 5 heteroatoms. The van der Waals surface area contributed by atoms with Crippen molar-refractivity contribution in [2.45, 2.75) is 5.41 Å². The highest BCUT2D eigenvalue weighted by atomic mass is 16.3. The van der Waals surface area contributed by atoms with E-state index in [2.05, 4.69) is 214 Å². The first kappa shape index (κ1) is 32.8. The number of fused-ring (bicyclic) bond motifs is 18. The molecule has 0 radical (unpaired) electrons. The van der Waals surface area contributed by atoms with Crippen LogP contribution in [0.1, 0.15) is 22.3 Å². The van der Waals surface area contributed by atoms with E-state index in [1.807, 2.05) is 6.07 Å². The molecule has 2 aliphatic carbocycles. The molecule has 0 saturated heterocycles. The number of aromatic nitrogens is 3. The van der Waals surface area contributed by atoms with Crippen molar-refractivity contribution < 1.29 is 4.42 Å². The van der Waals surface area contributed by atoms with Crippen LogP contribution in [0.15, 0.2) is 211 Å². The summed E-state index contributed by atoms with van der Waals surface area (Å²) in [5, 5.41) is 2.21. The van der Waals surface area contributed by atoms with E-state index in [9.17, 15) is 0 Å². The quantitative estimate of drug-likeness (QED) is 0.179. The highest BCUT2D eigenvalue weighted by molar-refractivity contribution is 6.07. The van der Waals surface area contributed by atoms with Crippen LogP contribution >= 0.6 is 0 Å². The summed E-state index contributed by atoms with van der Waals surface area (Å²) in [6.45, 7) is 0. The SMILES string of the molecule is c1ccc(-n2c3ccc(N(c4ccc5c(c4)oc4ccccc45)c4cccc5c4C4(c6ccccc6-c6ccccc64)c4ccccc4-5)cc3n3c4ccccc4nc23)cc1. The van der Waals surface area contributed by atoms with Crippen LogP contribution in [0.4, 0.5) is 17.1 Å². The second-order valence-electron chi connectivity index (χ2n) is 16.3. The van der Waals surface area contributed by atoms with Gasteiger partial charge in [0.05, 0.1) is 33.2 Å². The molecule has 0 atom stereocenters. The van der Waals surface area contributed by atoms with Crippen molar-refractivity contribution in [3.8, 4) is 27.9 Å². The van der Waals surface area contributed by atoms with Gasteiger partial charge in [-0.1, -0.05) is 133 Å². The molecule has 1 spiro atoms. The Labute approximate surface area is 350 Å². The molecule has 0 fully saturated rings. The number of hydrogen-bond donors (Lipinski definition) is 0. The fourth-order valence-corrected chi connectivity index (χ4v) is 11.0. The van der Waals surface area contributed by atoms with Gasteiger partial charge in [-0.2, -0.15) is 0 Å². The molecular weight excluding hydrogens is 745 g/mol. The molecule has 0 aliphatic heterocycles. The van der Waals surface area contributed by atoms with Gasteiger partial charge in [0.1, 0.15) is 11.2 Å². The van der Waals surface area contributed by atoms with Crippen LogP contribution in [-0.4, -0.2) is 14.0 Å². The standard InChI is InChI=1S/C56H34N4O/c1-2-15-35(16-3-1)59-49-32-30-36(33-51(49)60-48-26-12-11-25-47(48)57-55(59)60)58(37-29-31-42-41-20-7-13-28-52(41)61-53(42)34-37)50-27-14-21-43-40-19-6-10-24-46(40)56(54(43)50)44-22-8-4-17-38(44)39-18-5-9-23-45(39)56/h1-34H. The zero-order chi connectivity index (χ0) is 39.8. The Balaban J connectivity index is 1.11. The Bertz CT molecular complexity index is 3730. The number of furan rings is 1. The van der Waals surface area contributed by atoms with Crippen molar-refractivity contribution >= 4 is 66.8 Å². The predicted molar refractivity (Wildman–Crippen MR) is 248 cm³/mol. The van der Waals surface area contributed by atoms with Crippen molar-refractivity contribution in [2.75, 3.05) is 4.90 Å². The molecule has 0 saturated carbocycles. The van der Waals surface area contributed by atoms with Gasteiger partial charge < -0.3 is 9.32 Å². The number of rotatable bonds is 4. The number of anilines is 3. The van der Waals surface area contributed by atoms with Gasteiger partial charge in [-0.3, -0.25) is 8.97 Å². The van der Waals surface area contributed by atoms with Crippen LogP contribution in [0, 0.1) is 0 Å². The van der Waals surface area contributed by atoms with E-state index in [0.717, 1.165) is 72.5 Å². The summed E-state index contributed by atoms with van der Waals surface area (Å²) in [7, 11) is 0. The average molecular weight is 779 g/mol. The molecule has 0 unspecified atom stereocenters. The summed E-state index contributed by atoms with van der Waals surface area (Å²) in [4.78, 5) is 7.70. The van der Waals surface area contributed by atoms with E-state index in [0.29, 0.717) is 0 Å². The van der Waals surface area contributed by atoms with Crippen molar-refractivity contribution in [2.24, 2.45) is 0 Å². The minimum Gasteiger partial charge on any atom is -0.456 e. The maximum absolute atomic E-state index is 6.62. The number of nitrogens with zero attached hydrogens (tertiary/aromatic N) is 4. The molecule has 61 heavy (non-hydrogen) atoms. The first-order chi connectivity index (χ1) is 30.3. The fraction of sp³-hybridized carbons (Fsp3) is 0.0179. The molecule has 9 aromatic carbocycles. The minimum absolute atomic E-state index is 0.550. The highest BCUT2D eigenvalue weighted by Gasteiger charge is 2.53. The Morgan fingerprint density at radius 1 is 0.443 bits per heavy atom. The summed E-state index contributed by atoms with van der Waals surface area (Å²) < 4.78 is 11.2. The fourth-order valence-electron chi connectivity index (χ4n) is 11.0. The largest absolute Gasteiger partial charge is 0.456 e. The third-order valence-corrected chi connectivity index (χ3v) is 13.3. The molecule has 3 aromatic heterocycles. The van der Waals surface area contributed by atoms with Crippen molar-refractivity contribution in [3.63, 3.8) is 0 Å². The van der Waals surface area contributed by atoms with E-state index < -0.39 is 5.41 Å². The molecule has 0 bridgehead atoms. The lowest BCUT2D eigenvalue weighted by molar-refractivity contribution is 0.669. The molecule has 14 rings (SSSR count). The van der Waals surface area contributed by atoms with Crippen LogP contribution < -0.4 is 4.90 Å². The van der Waals surface area contributed by atoms with Crippen molar-refractivity contribution in [1.29, 1.82) is 0 Å². The van der Waals surface area contributed by atoms with Crippen LogP contribution in [0.3, 0.4) is 0 Å². The molecule has 3 heterocycles. The number of hydrogen-bond acceptors (Lipinski definition) is 3. The second kappa shape index (κ2) is 12.0. The first-order valence-electron chi connectivity index (χ1n) is 20.9. The van der Waals surface area contributed by atoms with Crippen LogP contribution in [0.5, 0.6) is 0 Å².